The van der Waals surface area contributed by atoms with Crippen molar-refractivity contribution >= 4 is 0 Å². The number of rotatable bonds is 3. The van der Waals surface area contributed by atoms with E-state index in [1.54, 1.807) is 6.07 Å². The predicted octanol–water partition coefficient (Wildman–Crippen LogP) is 1.36. The summed E-state index contributed by atoms with van der Waals surface area (Å²) in [6.45, 7) is 3.78. The van der Waals surface area contributed by atoms with Crippen molar-refractivity contribution in [2.75, 3.05) is 0 Å². The Kier molecular flexibility index (Phi) is 2.89. The Bertz CT molecular complexity index is 244. The average Bonchev–Trinajstić information content (AvgIpc) is 2.49. The summed E-state index contributed by atoms with van der Waals surface area (Å²) in [7, 11) is 0. The fourth-order valence-electron chi connectivity index (χ4n) is 1.05. The van der Waals surface area contributed by atoms with Crippen LogP contribution in [0.3, 0.4) is 0 Å². The zero-order valence-corrected chi connectivity index (χ0v) is 7.45. The van der Waals surface area contributed by atoms with Gasteiger partial charge in [0.05, 0.1) is 0 Å². The van der Waals surface area contributed by atoms with Crippen molar-refractivity contribution in [3.05, 3.63) is 23.7 Å². The third-order valence-corrected chi connectivity index (χ3v) is 1.93. The quantitative estimate of drug-likeness (QED) is 0.718. The number of nitrogens with two attached hydrogens (primary N) is 1. The summed E-state index contributed by atoms with van der Waals surface area (Å²) in [5, 5.41) is 9.58. The van der Waals surface area contributed by atoms with Gasteiger partial charge in [0.1, 0.15) is 17.6 Å². The molecule has 0 saturated heterocycles. The lowest BCUT2D eigenvalue weighted by Gasteiger charge is -2.14. The van der Waals surface area contributed by atoms with Crippen molar-refractivity contribution in [2.45, 2.75) is 32.4 Å². The highest BCUT2D eigenvalue weighted by molar-refractivity contribution is 5.09. The smallest absolute Gasteiger partial charge is 0.134 e. The molecule has 0 aromatic carbocycles. The fourth-order valence-corrected chi connectivity index (χ4v) is 1.05. The Morgan fingerprint density at radius 2 is 2.25 bits per heavy atom. The molecule has 0 saturated carbocycles. The van der Waals surface area contributed by atoms with Gasteiger partial charge in [-0.25, -0.2) is 0 Å². The van der Waals surface area contributed by atoms with Crippen molar-refractivity contribution in [2.24, 2.45) is 5.73 Å². The molecular weight excluding hydrogens is 154 g/mol. The van der Waals surface area contributed by atoms with E-state index in [9.17, 15) is 5.11 Å². The Labute approximate surface area is 72.2 Å². The second kappa shape index (κ2) is 3.74. The van der Waals surface area contributed by atoms with Crippen molar-refractivity contribution in [3.63, 3.8) is 0 Å². The van der Waals surface area contributed by atoms with E-state index in [0.717, 1.165) is 12.2 Å². The molecule has 1 aromatic rings. The van der Waals surface area contributed by atoms with Gasteiger partial charge in [0.25, 0.3) is 0 Å². The zero-order chi connectivity index (χ0) is 9.14. The van der Waals surface area contributed by atoms with Crippen LogP contribution in [0.25, 0.3) is 0 Å². The first-order valence-electron chi connectivity index (χ1n) is 4.15. The predicted molar refractivity (Wildman–Crippen MR) is 46.7 cm³/mol. The van der Waals surface area contributed by atoms with E-state index < -0.39 is 6.10 Å². The molecule has 1 aromatic heterocycles. The molecule has 3 heteroatoms. The second-order valence-corrected chi connectivity index (χ2v) is 2.97. The maximum absolute atomic E-state index is 9.58. The highest BCUT2D eigenvalue weighted by Crippen LogP contribution is 2.19. The van der Waals surface area contributed by atoms with Crippen molar-refractivity contribution < 1.29 is 9.52 Å². The van der Waals surface area contributed by atoms with Crippen LogP contribution in [0, 0.1) is 6.92 Å². The number of aliphatic hydroxyl groups is 1. The van der Waals surface area contributed by atoms with Gasteiger partial charge in [0, 0.05) is 6.04 Å². The first-order valence-corrected chi connectivity index (χ1v) is 4.15. The molecule has 0 radical (unpaired) electrons. The molecule has 1 heterocycles. The van der Waals surface area contributed by atoms with E-state index in [1.165, 1.54) is 0 Å². The second-order valence-electron chi connectivity index (χ2n) is 2.97. The van der Waals surface area contributed by atoms with E-state index in [0.29, 0.717) is 5.76 Å². The van der Waals surface area contributed by atoms with Gasteiger partial charge in [-0.05, 0) is 25.5 Å². The van der Waals surface area contributed by atoms with Gasteiger partial charge in [-0.1, -0.05) is 6.92 Å². The largest absolute Gasteiger partial charge is 0.464 e. The number of furan rings is 1. The van der Waals surface area contributed by atoms with E-state index in [1.807, 2.05) is 19.9 Å². The van der Waals surface area contributed by atoms with Crippen LogP contribution in [-0.2, 0) is 0 Å². The van der Waals surface area contributed by atoms with E-state index in [-0.39, 0.29) is 6.04 Å². The molecular formula is C9H15NO2. The van der Waals surface area contributed by atoms with Crippen LogP contribution in [0.4, 0.5) is 0 Å². The molecule has 68 valence electrons. The molecule has 0 aliphatic rings. The molecule has 3 nitrogen and oxygen atoms in total. The minimum Gasteiger partial charge on any atom is -0.464 e. The number of hydrogen-bond donors (Lipinski definition) is 2. The molecule has 0 amide bonds. The number of hydrogen-bond acceptors (Lipinski definition) is 3. The van der Waals surface area contributed by atoms with Gasteiger partial charge in [0.2, 0.25) is 0 Å². The third-order valence-electron chi connectivity index (χ3n) is 1.93. The normalized spacial score (nSPS) is 16.0. The van der Waals surface area contributed by atoms with Crippen LogP contribution >= 0.6 is 0 Å². The Morgan fingerprint density at radius 1 is 1.58 bits per heavy atom. The topological polar surface area (TPSA) is 59.4 Å². The van der Waals surface area contributed by atoms with Crippen molar-refractivity contribution in [3.8, 4) is 0 Å². The summed E-state index contributed by atoms with van der Waals surface area (Å²) in [6.07, 6.45) is 0.0599. The van der Waals surface area contributed by atoms with Crippen LogP contribution in [0.5, 0.6) is 0 Å². The van der Waals surface area contributed by atoms with Gasteiger partial charge < -0.3 is 15.3 Å². The lowest BCUT2D eigenvalue weighted by molar-refractivity contribution is 0.118. The molecule has 2 unspecified atom stereocenters. The average molecular weight is 169 g/mol. The highest BCUT2D eigenvalue weighted by atomic mass is 16.4. The van der Waals surface area contributed by atoms with Crippen LogP contribution in [0.2, 0.25) is 0 Å². The monoisotopic (exact) mass is 169 g/mol. The SMILES string of the molecule is CCC(N)C(O)c1ccc(C)o1. The Balaban J connectivity index is 2.70. The van der Waals surface area contributed by atoms with Gasteiger partial charge >= 0.3 is 0 Å². The molecule has 1 rings (SSSR count). The van der Waals surface area contributed by atoms with Crippen molar-refractivity contribution in [1.82, 2.24) is 0 Å². The standard InChI is InChI=1S/C9H15NO2/c1-3-7(10)9(11)8-5-4-6(2)12-8/h4-5,7,9,11H,3,10H2,1-2H3. The van der Waals surface area contributed by atoms with Crippen LogP contribution < -0.4 is 5.73 Å². The molecule has 0 fully saturated rings. The van der Waals surface area contributed by atoms with Crippen molar-refractivity contribution in [1.29, 1.82) is 0 Å². The molecule has 0 bridgehead atoms. The molecule has 0 aliphatic carbocycles. The van der Waals surface area contributed by atoms with E-state index in [2.05, 4.69) is 0 Å². The van der Waals surface area contributed by atoms with Crippen LogP contribution in [-0.4, -0.2) is 11.1 Å². The molecule has 3 N–H and O–H groups in total. The van der Waals surface area contributed by atoms with Gasteiger partial charge in [0.15, 0.2) is 0 Å². The zero-order valence-electron chi connectivity index (χ0n) is 7.45. The lowest BCUT2D eigenvalue weighted by atomic mass is 10.1. The van der Waals surface area contributed by atoms with E-state index >= 15 is 0 Å². The molecule has 0 aliphatic heterocycles. The van der Waals surface area contributed by atoms with Gasteiger partial charge in [-0.2, -0.15) is 0 Å². The maximum atomic E-state index is 9.58. The molecule has 12 heavy (non-hydrogen) atoms. The third kappa shape index (κ3) is 1.87. The minimum atomic E-state index is -0.677. The Morgan fingerprint density at radius 3 is 2.67 bits per heavy atom. The summed E-state index contributed by atoms with van der Waals surface area (Å²) in [5.41, 5.74) is 5.65. The Hall–Kier alpha value is -0.800. The first kappa shape index (κ1) is 9.29. The number of aliphatic hydroxyl groups excluding tert-OH is 1. The minimum absolute atomic E-state index is 0.240. The maximum Gasteiger partial charge on any atom is 0.134 e. The fraction of sp³-hybridized carbons (Fsp3) is 0.556. The summed E-state index contributed by atoms with van der Waals surface area (Å²) < 4.78 is 5.24. The number of aryl methyl sites for hydroxylation is 1. The first-order chi connectivity index (χ1) is 5.65. The highest BCUT2D eigenvalue weighted by Gasteiger charge is 2.17. The summed E-state index contributed by atoms with van der Waals surface area (Å²) in [6, 6.07) is 3.34. The van der Waals surface area contributed by atoms with Gasteiger partial charge in [-0.3, -0.25) is 0 Å². The van der Waals surface area contributed by atoms with Crippen LogP contribution in [0.1, 0.15) is 31.0 Å². The van der Waals surface area contributed by atoms with Crippen LogP contribution in [0.15, 0.2) is 16.5 Å². The molecule has 2 atom stereocenters. The van der Waals surface area contributed by atoms with Gasteiger partial charge in [-0.15, -0.1) is 0 Å². The summed E-state index contributed by atoms with van der Waals surface area (Å²) in [4.78, 5) is 0. The summed E-state index contributed by atoms with van der Waals surface area (Å²) in [5.74, 6) is 1.36. The lowest BCUT2D eigenvalue weighted by Crippen LogP contribution is -2.26. The van der Waals surface area contributed by atoms with E-state index in [4.69, 9.17) is 10.2 Å². The summed E-state index contributed by atoms with van der Waals surface area (Å²) >= 11 is 0. The molecule has 0 spiro atoms.